The van der Waals surface area contributed by atoms with Gasteiger partial charge >= 0.3 is 5.69 Å². The summed E-state index contributed by atoms with van der Waals surface area (Å²) < 4.78 is 9.22. The number of phenolic OH excluding ortho intramolecular Hbond substituents is 1. The zero-order valence-corrected chi connectivity index (χ0v) is 30.0. The minimum Gasteiger partial charge on any atom is -0.507 e. The van der Waals surface area contributed by atoms with E-state index in [9.17, 15) is 19.5 Å². The molecule has 1 atom stereocenters. The highest BCUT2D eigenvalue weighted by atomic mass is 16.5. The molecule has 2 saturated heterocycles. The monoisotopic (exact) mass is 718 g/mol. The number of rotatable bonds is 13. The first-order chi connectivity index (χ1) is 25.8. The number of carbonyl (C=O) groups excluding carboxylic acids is 2. The van der Waals surface area contributed by atoms with E-state index < -0.39 is 11.9 Å². The molecule has 53 heavy (non-hydrogen) atoms. The van der Waals surface area contributed by atoms with E-state index in [0.29, 0.717) is 30.1 Å². The third-order valence-electron chi connectivity index (χ3n) is 10.3. The molecular formula is C40H46N8O5. The summed E-state index contributed by atoms with van der Waals surface area (Å²) in [5.74, 6) is 0.703. The summed E-state index contributed by atoms with van der Waals surface area (Å²) in [6.07, 6.45) is 5.38. The van der Waals surface area contributed by atoms with Gasteiger partial charge in [0.1, 0.15) is 17.5 Å². The summed E-state index contributed by atoms with van der Waals surface area (Å²) in [5, 5.41) is 21.0. The Morgan fingerprint density at radius 3 is 2.45 bits per heavy atom. The van der Waals surface area contributed by atoms with Crippen LogP contribution in [-0.4, -0.2) is 73.9 Å². The number of ether oxygens (including phenoxy) is 1. The van der Waals surface area contributed by atoms with Crippen LogP contribution in [0.2, 0.25) is 0 Å². The average Bonchev–Trinajstić information content (AvgIpc) is 3.42. The summed E-state index contributed by atoms with van der Waals surface area (Å²) in [5.41, 5.74) is 11.9. The Labute approximate surface area is 308 Å². The van der Waals surface area contributed by atoms with Gasteiger partial charge in [-0.1, -0.05) is 49.2 Å². The molecule has 4 N–H and O–H groups in total. The van der Waals surface area contributed by atoms with Crippen LogP contribution < -0.4 is 26.4 Å². The normalized spacial score (nSPS) is 16.6. The van der Waals surface area contributed by atoms with Crippen molar-refractivity contribution in [2.45, 2.75) is 57.5 Å². The van der Waals surface area contributed by atoms with Crippen LogP contribution in [0.25, 0.3) is 22.3 Å². The van der Waals surface area contributed by atoms with Gasteiger partial charge in [-0.25, -0.2) is 4.79 Å². The van der Waals surface area contributed by atoms with Crippen molar-refractivity contribution < 1.29 is 19.4 Å². The van der Waals surface area contributed by atoms with Gasteiger partial charge in [-0.05, 0) is 73.2 Å². The van der Waals surface area contributed by atoms with E-state index >= 15 is 0 Å². The molecule has 2 aromatic heterocycles. The van der Waals surface area contributed by atoms with Gasteiger partial charge in [-0.3, -0.25) is 28.9 Å². The third kappa shape index (κ3) is 7.90. The number of aromatic nitrogens is 4. The van der Waals surface area contributed by atoms with Crippen LogP contribution in [0.4, 0.5) is 11.5 Å². The molecule has 4 heterocycles. The number of phenols is 1. The zero-order valence-electron chi connectivity index (χ0n) is 30.0. The molecule has 1 unspecified atom stereocenters. The summed E-state index contributed by atoms with van der Waals surface area (Å²) in [7, 11) is 1.75. The number of piperidine rings is 1. The number of aryl methyl sites for hydroxylation is 2. The van der Waals surface area contributed by atoms with Crippen molar-refractivity contribution in [2.24, 2.45) is 7.05 Å². The van der Waals surface area contributed by atoms with Crippen LogP contribution in [0.3, 0.4) is 0 Å². The first kappa shape index (κ1) is 35.7. The highest BCUT2D eigenvalue weighted by Gasteiger charge is 2.31. The standard InChI is InChI=1S/C40H46N8O5/c1-45-37-28(10-8-12-32(37)48(40(45)52)33-18-19-36(50)42-39(33)51)9-4-2-3-7-24-53-29-16-14-27(15-17-29)26-46-20-22-47(23-21-46)34-25-31(43-44-38(34)41)30-11-5-6-13-35(30)49/h5-6,8,10-17,25,33,49H,2-4,7,9,18-24,26H2,1H3,(H2,41,44)(H,42,50,51). The molecule has 2 aliphatic rings. The number of benzene rings is 3. The molecule has 0 aliphatic carbocycles. The summed E-state index contributed by atoms with van der Waals surface area (Å²) in [6.45, 7) is 4.89. The molecule has 276 valence electrons. The number of amides is 2. The highest BCUT2D eigenvalue weighted by molar-refractivity contribution is 6.00. The minimum atomic E-state index is -0.678. The van der Waals surface area contributed by atoms with E-state index in [-0.39, 0.29) is 23.8 Å². The van der Waals surface area contributed by atoms with Gasteiger partial charge in [0.05, 0.1) is 29.0 Å². The molecule has 7 rings (SSSR count). The quantitative estimate of drug-likeness (QED) is 0.116. The smallest absolute Gasteiger partial charge is 0.329 e. The predicted molar refractivity (Wildman–Crippen MR) is 204 cm³/mol. The van der Waals surface area contributed by atoms with Crippen molar-refractivity contribution in [3.63, 3.8) is 0 Å². The van der Waals surface area contributed by atoms with Gasteiger partial charge in [0.25, 0.3) is 0 Å². The number of anilines is 2. The Hall–Kier alpha value is -5.69. The van der Waals surface area contributed by atoms with Crippen LogP contribution >= 0.6 is 0 Å². The maximum absolute atomic E-state index is 13.2. The van der Waals surface area contributed by atoms with Crippen molar-refractivity contribution in [3.8, 4) is 22.8 Å². The fourth-order valence-electron chi connectivity index (χ4n) is 7.47. The number of piperazine rings is 1. The van der Waals surface area contributed by atoms with Gasteiger partial charge < -0.3 is 20.5 Å². The molecule has 2 aliphatic heterocycles. The maximum atomic E-state index is 13.2. The lowest BCUT2D eigenvalue weighted by Gasteiger charge is -2.36. The fourth-order valence-corrected chi connectivity index (χ4v) is 7.47. The van der Waals surface area contributed by atoms with E-state index in [1.807, 2.05) is 42.5 Å². The molecule has 13 heteroatoms. The topological polar surface area (TPSA) is 161 Å². The van der Waals surface area contributed by atoms with Crippen molar-refractivity contribution in [1.82, 2.24) is 29.5 Å². The van der Waals surface area contributed by atoms with Gasteiger partial charge in [-0.15, -0.1) is 10.2 Å². The second-order valence-corrected chi connectivity index (χ2v) is 13.9. The number of nitrogen functional groups attached to an aromatic ring is 1. The number of nitrogens with zero attached hydrogens (tertiary/aromatic N) is 6. The number of aromatic hydroxyl groups is 1. The molecule has 0 radical (unpaired) electrons. The van der Waals surface area contributed by atoms with Crippen LogP contribution in [0.15, 0.2) is 77.6 Å². The lowest BCUT2D eigenvalue weighted by atomic mass is 10.0. The van der Waals surface area contributed by atoms with Crippen molar-refractivity contribution in [1.29, 1.82) is 0 Å². The number of fused-ring (bicyclic) bond motifs is 1. The first-order valence-electron chi connectivity index (χ1n) is 18.4. The SMILES string of the molecule is Cn1c(=O)n(C2CCC(=O)NC2=O)c2cccc(CCCCCCOc3ccc(CN4CCN(c5cc(-c6ccccc6O)nnc5N)CC4)cc3)c21. The number of nitrogens with two attached hydrogens (primary N) is 1. The number of nitrogens with one attached hydrogen (secondary N) is 1. The number of unbranched alkanes of at least 4 members (excludes halogenated alkanes) is 3. The third-order valence-corrected chi connectivity index (χ3v) is 10.3. The van der Waals surface area contributed by atoms with Crippen LogP contribution in [0.5, 0.6) is 11.5 Å². The number of hydrogen-bond donors (Lipinski definition) is 3. The molecule has 0 bridgehead atoms. The first-order valence-corrected chi connectivity index (χ1v) is 18.4. The molecular weight excluding hydrogens is 672 g/mol. The molecule has 5 aromatic rings. The number of imidazole rings is 1. The summed E-state index contributed by atoms with van der Waals surface area (Å²) in [6, 6.07) is 22.5. The van der Waals surface area contributed by atoms with E-state index in [0.717, 1.165) is 92.9 Å². The second kappa shape index (κ2) is 15.9. The summed E-state index contributed by atoms with van der Waals surface area (Å²) >= 11 is 0. The molecule has 3 aromatic carbocycles. The Morgan fingerprint density at radius 2 is 1.68 bits per heavy atom. The Bertz CT molecular complexity index is 2150. The number of carbonyl (C=O) groups is 2. The average molecular weight is 719 g/mol. The van der Waals surface area contributed by atoms with Gasteiger partial charge in [0.15, 0.2) is 5.82 Å². The van der Waals surface area contributed by atoms with E-state index in [1.165, 1.54) is 5.56 Å². The minimum absolute atomic E-state index is 0.162. The molecule has 2 amide bonds. The lowest BCUT2D eigenvalue weighted by molar-refractivity contribution is -0.135. The molecule has 13 nitrogen and oxygen atoms in total. The Kier molecular flexibility index (Phi) is 10.7. The van der Waals surface area contributed by atoms with E-state index in [1.54, 1.807) is 28.3 Å². The van der Waals surface area contributed by atoms with Crippen LogP contribution in [0, 0.1) is 0 Å². The molecule has 0 spiro atoms. The zero-order chi connectivity index (χ0) is 36.9. The van der Waals surface area contributed by atoms with Crippen molar-refractivity contribution in [3.05, 3.63) is 94.4 Å². The highest BCUT2D eigenvalue weighted by Crippen LogP contribution is 2.32. The van der Waals surface area contributed by atoms with Crippen LogP contribution in [0.1, 0.15) is 55.7 Å². The second-order valence-electron chi connectivity index (χ2n) is 13.9. The van der Waals surface area contributed by atoms with Crippen LogP contribution in [-0.2, 0) is 29.6 Å². The maximum Gasteiger partial charge on any atom is 0.329 e. The Balaban J connectivity index is 0.831. The molecule has 0 saturated carbocycles. The number of hydrogen-bond acceptors (Lipinski definition) is 10. The largest absolute Gasteiger partial charge is 0.507 e. The van der Waals surface area contributed by atoms with Gasteiger partial charge in [0, 0.05) is 51.8 Å². The number of para-hydroxylation sites is 2. The Morgan fingerprint density at radius 1 is 0.906 bits per heavy atom. The molecule has 2 fully saturated rings. The van der Waals surface area contributed by atoms with Crippen molar-refractivity contribution >= 4 is 34.4 Å². The van der Waals surface area contributed by atoms with Gasteiger partial charge in [0.2, 0.25) is 11.8 Å². The number of imide groups is 1. The van der Waals surface area contributed by atoms with E-state index in [2.05, 4.69) is 43.5 Å². The fraction of sp³-hybridized carbons (Fsp3) is 0.375. The van der Waals surface area contributed by atoms with Crippen molar-refractivity contribution in [2.75, 3.05) is 43.4 Å². The lowest BCUT2D eigenvalue weighted by Crippen LogP contribution is -2.46. The van der Waals surface area contributed by atoms with Gasteiger partial charge in [-0.2, -0.15) is 0 Å². The summed E-state index contributed by atoms with van der Waals surface area (Å²) in [4.78, 5) is 42.0. The van der Waals surface area contributed by atoms with E-state index in [4.69, 9.17) is 10.5 Å². The predicted octanol–water partition coefficient (Wildman–Crippen LogP) is 4.57.